The molecule has 0 aromatic rings. The summed E-state index contributed by atoms with van der Waals surface area (Å²) in [6.07, 6.45) is 0.767. The lowest BCUT2D eigenvalue weighted by Gasteiger charge is -2.35. The van der Waals surface area contributed by atoms with Gasteiger partial charge < -0.3 is 9.16 Å². The van der Waals surface area contributed by atoms with Crippen LogP contribution in [0.2, 0.25) is 19.6 Å². The van der Waals surface area contributed by atoms with Crippen LogP contribution in [0, 0.1) is 5.41 Å². The van der Waals surface area contributed by atoms with Gasteiger partial charge >= 0.3 is 5.97 Å². The van der Waals surface area contributed by atoms with E-state index < -0.39 is 13.7 Å². The first-order valence-electron chi connectivity index (χ1n) is 5.41. The second-order valence-electron chi connectivity index (χ2n) is 5.34. The van der Waals surface area contributed by atoms with Crippen LogP contribution in [0.3, 0.4) is 0 Å². The lowest BCUT2D eigenvalue weighted by atomic mass is 9.85. The topological polar surface area (TPSA) is 35.5 Å². The summed E-state index contributed by atoms with van der Waals surface area (Å²) >= 11 is 0. The Morgan fingerprint density at radius 3 is 2.07 bits per heavy atom. The molecule has 0 aliphatic carbocycles. The number of carbonyl (C=O) groups excluding carboxylic acids is 1. The molecule has 0 spiro atoms. The number of hydrogen-bond acceptors (Lipinski definition) is 3. The average molecular weight is 232 g/mol. The normalized spacial score (nSPS) is 14.9. The van der Waals surface area contributed by atoms with E-state index in [-0.39, 0.29) is 12.1 Å². The largest absolute Gasteiger partial charge is 0.469 e. The van der Waals surface area contributed by atoms with Crippen LogP contribution < -0.4 is 0 Å². The van der Waals surface area contributed by atoms with Gasteiger partial charge in [0.1, 0.15) is 0 Å². The van der Waals surface area contributed by atoms with Gasteiger partial charge in [-0.3, -0.25) is 4.79 Å². The van der Waals surface area contributed by atoms with E-state index in [1.54, 1.807) is 0 Å². The van der Waals surface area contributed by atoms with Crippen LogP contribution in [-0.4, -0.2) is 27.5 Å². The molecule has 0 aromatic carbocycles. The Balaban J connectivity index is 4.73. The number of ether oxygens (including phenoxy) is 1. The molecule has 0 N–H and O–H groups in total. The van der Waals surface area contributed by atoms with E-state index in [4.69, 9.17) is 9.16 Å². The maximum atomic E-state index is 11.6. The molecule has 0 heterocycles. The van der Waals surface area contributed by atoms with Crippen LogP contribution >= 0.6 is 0 Å². The zero-order chi connectivity index (χ0) is 12.3. The Morgan fingerprint density at radius 1 is 1.33 bits per heavy atom. The standard InChI is InChI=1S/C11H24O3Si/c1-8-9(14-15(5,6)7)11(2,3)10(12)13-4/h9H,8H2,1-7H3. The first-order valence-corrected chi connectivity index (χ1v) is 8.82. The fraction of sp³-hybridized carbons (Fsp3) is 0.909. The number of hydrogen-bond donors (Lipinski definition) is 0. The van der Waals surface area contributed by atoms with Crippen LogP contribution in [0.5, 0.6) is 0 Å². The van der Waals surface area contributed by atoms with Crippen LogP contribution in [0.15, 0.2) is 0 Å². The van der Waals surface area contributed by atoms with Crippen LogP contribution in [-0.2, 0) is 14.0 Å². The molecule has 0 bridgehead atoms. The smallest absolute Gasteiger partial charge is 0.313 e. The minimum Gasteiger partial charge on any atom is -0.469 e. The number of rotatable bonds is 5. The summed E-state index contributed by atoms with van der Waals surface area (Å²) in [5.74, 6) is -0.201. The van der Waals surface area contributed by atoms with Crippen molar-refractivity contribution in [3.8, 4) is 0 Å². The summed E-state index contributed by atoms with van der Waals surface area (Å²) in [4.78, 5) is 11.6. The molecule has 0 aromatic heterocycles. The van der Waals surface area contributed by atoms with E-state index >= 15 is 0 Å². The van der Waals surface area contributed by atoms with Crippen LogP contribution in [0.4, 0.5) is 0 Å². The summed E-state index contributed by atoms with van der Waals surface area (Å²) in [7, 11) is -0.196. The monoisotopic (exact) mass is 232 g/mol. The summed E-state index contributed by atoms with van der Waals surface area (Å²) in [6.45, 7) is 12.2. The Morgan fingerprint density at radius 2 is 1.80 bits per heavy atom. The van der Waals surface area contributed by atoms with Gasteiger partial charge in [0.05, 0.1) is 18.6 Å². The number of esters is 1. The van der Waals surface area contributed by atoms with Gasteiger partial charge in [0.25, 0.3) is 0 Å². The van der Waals surface area contributed by atoms with Crippen molar-refractivity contribution in [3.63, 3.8) is 0 Å². The maximum absolute atomic E-state index is 11.6. The predicted octanol–water partition coefficient (Wildman–Crippen LogP) is 2.82. The number of carbonyl (C=O) groups is 1. The summed E-state index contributed by atoms with van der Waals surface area (Å²) in [5.41, 5.74) is -0.566. The number of methoxy groups -OCH3 is 1. The van der Waals surface area contributed by atoms with E-state index in [0.717, 1.165) is 6.42 Å². The Kier molecular flexibility index (Phi) is 5.00. The predicted molar refractivity (Wildman–Crippen MR) is 64.3 cm³/mol. The third-order valence-electron chi connectivity index (χ3n) is 2.38. The van der Waals surface area contributed by atoms with Crippen molar-refractivity contribution in [1.82, 2.24) is 0 Å². The van der Waals surface area contributed by atoms with Crippen molar-refractivity contribution in [2.45, 2.75) is 52.9 Å². The molecule has 0 aliphatic rings. The highest BCUT2D eigenvalue weighted by molar-refractivity contribution is 6.69. The van der Waals surface area contributed by atoms with Gasteiger partial charge in [-0.2, -0.15) is 0 Å². The molecule has 15 heavy (non-hydrogen) atoms. The SMILES string of the molecule is CCC(O[Si](C)(C)C)C(C)(C)C(=O)OC. The van der Waals surface area contributed by atoms with Crippen LogP contribution in [0.25, 0.3) is 0 Å². The minimum atomic E-state index is -1.62. The maximum Gasteiger partial charge on any atom is 0.313 e. The molecule has 0 saturated heterocycles. The van der Waals surface area contributed by atoms with Crippen molar-refractivity contribution in [2.75, 3.05) is 7.11 Å². The van der Waals surface area contributed by atoms with Gasteiger partial charge in [0.15, 0.2) is 8.32 Å². The van der Waals surface area contributed by atoms with E-state index in [9.17, 15) is 4.79 Å². The van der Waals surface area contributed by atoms with E-state index in [0.29, 0.717) is 0 Å². The molecule has 4 heteroatoms. The third-order valence-corrected chi connectivity index (χ3v) is 3.37. The van der Waals surface area contributed by atoms with Crippen molar-refractivity contribution >= 4 is 14.3 Å². The molecule has 0 rings (SSSR count). The molecule has 90 valence electrons. The highest BCUT2D eigenvalue weighted by Crippen LogP contribution is 2.29. The quantitative estimate of drug-likeness (QED) is 0.540. The average Bonchev–Trinajstić information content (AvgIpc) is 2.10. The van der Waals surface area contributed by atoms with Gasteiger partial charge in [-0.05, 0) is 39.9 Å². The fourth-order valence-electron chi connectivity index (χ4n) is 1.56. The lowest BCUT2D eigenvalue weighted by molar-refractivity contribution is -0.156. The molecule has 1 unspecified atom stereocenters. The lowest BCUT2D eigenvalue weighted by Crippen LogP contribution is -2.44. The van der Waals surface area contributed by atoms with Gasteiger partial charge in [-0.1, -0.05) is 6.92 Å². The molecule has 3 nitrogen and oxygen atoms in total. The molecule has 0 aliphatic heterocycles. The first-order chi connectivity index (χ1) is 6.65. The van der Waals surface area contributed by atoms with Gasteiger partial charge in [0.2, 0.25) is 0 Å². The summed E-state index contributed by atoms with van der Waals surface area (Å²) in [6, 6.07) is 0. The fourth-order valence-corrected chi connectivity index (χ4v) is 2.88. The zero-order valence-corrected chi connectivity index (χ0v) is 12.0. The van der Waals surface area contributed by atoms with E-state index in [2.05, 4.69) is 19.6 Å². The zero-order valence-electron chi connectivity index (χ0n) is 11.0. The Labute approximate surface area is 94.3 Å². The molecule has 0 saturated carbocycles. The Hall–Kier alpha value is -0.353. The van der Waals surface area contributed by atoms with Crippen LogP contribution in [0.1, 0.15) is 27.2 Å². The Bertz CT molecular complexity index is 218. The van der Waals surface area contributed by atoms with Crippen molar-refractivity contribution in [1.29, 1.82) is 0 Å². The van der Waals surface area contributed by atoms with E-state index in [1.165, 1.54) is 7.11 Å². The second-order valence-corrected chi connectivity index (χ2v) is 9.80. The molecule has 1 atom stereocenters. The minimum absolute atomic E-state index is 0.0587. The van der Waals surface area contributed by atoms with E-state index in [1.807, 2.05) is 20.8 Å². The van der Waals surface area contributed by atoms with Crippen molar-refractivity contribution < 1.29 is 14.0 Å². The third kappa shape index (κ3) is 4.34. The first kappa shape index (κ1) is 14.6. The van der Waals surface area contributed by atoms with Gasteiger partial charge in [-0.15, -0.1) is 0 Å². The molecular weight excluding hydrogens is 208 g/mol. The van der Waals surface area contributed by atoms with Gasteiger partial charge in [-0.25, -0.2) is 0 Å². The van der Waals surface area contributed by atoms with Gasteiger partial charge in [0, 0.05) is 0 Å². The van der Waals surface area contributed by atoms with Crippen molar-refractivity contribution in [3.05, 3.63) is 0 Å². The summed E-state index contributed by atoms with van der Waals surface area (Å²) < 4.78 is 10.8. The molecule has 0 radical (unpaired) electrons. The molecule has 0 fully saturated rings. The molecular formula is C11H24O3Si. The highest BCUT2D eigenvalue weighted by atomic mass is 28.4. The van der Waals surface area contributed by atoms with Crippen molar-refractivity contribution in [2.24, 2.45) is 5.41 Å². The summed E-state index contributed by atoms with van der Waals surface area (Å²) in [5, 5.41) is 0. The second kappa shape index (κ2) is 5.12. The molecule has 0 amide bonds. The highest BCUT2D eigenvalue weighted by Gasteiger charge is 2.39.